The molecule has 0 saturated heterocycles. The Bertz CT molecular complexity index is 244. The van der Waals surface area contributed by atoms with Gasteiger partial charge >= 0.3 is 0 Å². The Labute approximate surface area is 68.0 Å². The van der Waals surface area contributed by atoms with Crippen LogP contribution in [0.5, 0.6) is 5.75 Å². The fourth-order valence-corrected chi connectivity index (χ4v) is 0.571. The quantitative estimate of drug-likeness (QED) is 0.473. The number of hydrogen-bond donors (Lipinski definition) is 2. The highest BCUT2D eigenvalue weighted by molar-refractivity contribution is 5.85. The van der Waals surface area contributed by atoms with Gasteiger partial charge in [-0.15, -0.1) is 12.4 Å². The van der Waals surface area contributed by atoms with E-state index in [1.165, 1.54) is 0 Å². The van der Waals surface area contributed by atoms with Gasteiger partial charge in [0.25, 0.3) is 0 Å². The molecule has 11 heavy (non-hydrogen) atoms. The molecule has 0 amide bonds. The molecule has 3 N–H and O–H groups in total. The molecule has 0 radical (unpaired) electrons. The van der Waals surface area contributed by atoms with Gasteiger partial charge < -0.3 is 10.8 Å². The molecule has 1 aromatic carbocycles. The first-order valence-electron chi connectivity index (χ1n) is 2.54. The van der Waals surface area contributed by atoms with Crippen LogP contribution in [0, 0.1) is 11.6 Å². The lowest BCUT2D eigenvalue weighted by Crippen LogP contribution is -1.91. The molecule has 5 heteroatoms. The number of hydrogen-bond acceptors (Lipinski definition) is 2. The molecule has 0 heterocycles. The third-order valence-corrected chi connectivity index (χ3v) is 1.07. The number of benzene rings is 1. The van der Waals surface area contributed by atoms with Crippen molar-refractivity contribution in [2.75, 3.05) is 5.73 Å². The Morgan fingerprint density at radius 2 is 1.82 bits per heavy atom. The highest BCUT2D eigenvalue weighted by atomic mass is 35.5. The first-order chi connectivity index (χ1) is 4.61. The summed E-state index contributed by atoms with van der Waals surface area (Å²) in [5, 5.41) is 8.68. The number of aromatic hydroxyl groups is 1. The van der Waals surface area contributed by atoms with Crippen LogP contribution < -0.4 is 5.73 Å². The van der Waals surface area contributed by atoms with Crippen molar-refractivity contribution in [3.8, 4) is 5.75 Å². The van der Waals surface area contributed by atoms with Gasteiger partial charge in [0.2, 0.25) is 0 Å². The van der Waals surface area contributed by atoms with Gasteiger partial charge in [0.15, 0.2) is 5.82 Å². The molecule has 0 aromatic heterocycles. The fraction of sp³-hybridized carbons (Fsp3) is 0. The van der Waals surface area contributed by atoms with E-state index in [-0.39, 0.29) is 12.4 Å². The Kier molecular flexibility index (Phi) is 3.07. The predicted molar refractivity (Wildman–Crippen MR) is 39.7 cm³/mol. The van der Waals surface area contributed by atoms with E-state index in [9.17, 15) is 8.78 Å². The molecule has 0 aliphatic carbocycles. The summed E-state index contributed by atoms with van der Waals surface area (Å²) in [5.74, 6) is -2.36. The average molecular weight is 182 g/mol. The summed E-state index contributed by atoms with van der Waals surface area (Å²) in [4.78, 5) is 0. The highest BCUT2D eigenvalue weighted by Gasteiger charge is 2.05. The molecule has 0 fully saturated rings. The second-order valence-electron chi connectivity index (χ2n) is 1.82. The van der Waals surface area contributed by atoms with Crippen molar-refractivity contribution in [3.05, 3.63) is 23.8 Å². The zero-order valence-electron chi connectivity index (χ0n) is 5.34. The first kappa shape index (κ1) is 9.97. The standard InChI is InChI=1S/C6H5F2NO.ClH/c7-3-1-4(8)6(9)5(10)2-3;/h1-2,10H,9H2;1H. The maximum Gasteiger partial charge on any atom is 0.152 e. The van der Waals surface area contributed by atoms with Gasteiger partial charge in [-0.05, 0) is 0 Å². The monoisotopic (exact) mass is 181 g/mol. The summed E-state index contributed by atoms with van der Waals surface area (Å²) in [6.45, 7) is 0. The van der Waals surface area contributed by atoms with Crippen molar-refractivity contribution in [2.45, 2.75) is 0 Å². The lowest BCUT2D eigenvalue weighted by atomic mass is 10.3. The smallest absolute Gasteiger partial charge is 0.152 e. The highest BCUT2D eigenvalue weighted by Crippen LogP contribution is 2.23. The van der Waals surface area contributed by atoms with Crippen LogP contribution in [0.1, 0.15) is 0 Å². The predicted octanol–water partition coefficient (Wildman–Crippen LogP) is 1.67. The molecule has 0 unspecified atom stereocenters. The van der Waals surface area contributed by atoms with Crippen LogP contribution in [0.3, 0.4) is 0 Å². The minimum Gasteiger partial charge on any atom is -0.506 e. The third-order valence-electron chi connectivity index (χ3n) is 1.07. The molecule has 0 atom stereocenters. The summed E-state index contributed by atoms with van der Waals surface area (Å²) < 4.78 is 24.5. The zero-order valence-corrected chi connectivity index (χ0v) is 6.16. The van der Waals surface area contributed by atoms with E-state index < -0.39 is 23.1 Å². The molecule has 2 nitrogen and oxygen atoms in total. The van der Waals surface area contributed by atoms with Crippen molar-refractivity contribution >= 4 is 18.1 Å². The van der Waals surface area contributed by atoms with Crippen LogP contribution in [-0.4, -0.2) is 5.11 Å². The fourth-order valence-electron chi connectivity index (χ4n) is 0.571. The minimum absolute atomic E-state index is 0. The second-order valence-corrected chi connectivity index (χ2v) is 1.82. The van der Waals surface area contributed by atoms with Crippen molar-refractivity contribution in [1.29, 1.82) is 0 Å². The second kappa shape index (κ2) is 3.39. The van der Waals surface area contributed by atoms with Gasteiger partial charge in [-0.3, -0.25) is 0 Å². The van der Waals surface area contributed by atoms with Gasteiger partial charge in [0.05, 0.1) is 0 Å². The van der Waals surface area contributed by atoms with Gasteiger partial charge in [-0.25, -0.2) is 8.78 Å². The number of nitrogen functional groups attached to an aromatic ring is 1. The molecular weight excluding hydrogens is 176 g/mol. The molecule has 0 saturated carbocycles. The van der Waals surface area contributed by atoms with Gasteiger partial charge in [-0.2, -0.15) is 0 Å². The van der Waals surface area contributed by atoms with E-state index in [0.717, 1.165) is 6.07 Å². The van der Waals surface area contributed by atoms with E-state index in [1.54, 1.807) is 0 Å². The molecule has 0 aliphatic heterocycles. The molecular formula is C6H6ClF2NO. The first-order valence-corrected chi connectivity index (χ1v) is 2.54. The number of rotatable bonds is 0. The lowest BCUT2D eigenvalue weighted by Gasteiger charge is -1.98. The molecule has 0 aliphatic rings. The third kappa shape index (κ3) is 1.94. The Hall–Kier alpha value is -1.03. The van der Waals surface area contributed by atoms with E-state index in [1.807, 2.05) is 0 Å². The van der Waals surface area contributed by atoms with Crippen molar-refractivity contribution in [1.82, 2.24) is 0 Å². The van der Waals surface area contributed by atoms with Crippen LogP contribution >= 0.6 is 12.4 Å². The van der Waals surface area contributed by atoms with Crippen molar-refractivity contribution < 1.29 is 13.9 Å². The summed E-state index contributed by atoms with van der Waals surface area (Å²) in [6.07, 6.45) is 0. The van der Waals surface area contributed by atoms with Gasteiger partial charge in [0, 0.05) is 12.1 Å². The molecule has 0 bridgehead atoms. The Balaban J connectivity index is 0.000001000. The van der Waals surface area contributed by atoms with Crippen LogP contribution in [0.25, 0.3) is 0 Å². The van der Waals surface area contributed by atoms with Crippen LogP contribution in [0.2, 0.25) is 0 Å². The number of phenolic OH excluding ortho intramolecular Hbond substituents is 1. The van der Waals surface area contributed by atoms with Crippen LogP contribution in [-0.2, 0) is 0 Å². The van der Waals surface area contributed by atoms with E-state index in [2.05, 4.69) is 0 Å². The lowest BCUT2D eigenvalue weighted by molar-refractivity contribution is 0.464. The maximum atomic E-state index is 12.3. The number of halogens is 3. The number of nitrogens with two attached hydrogens (primary N) is 1. The summed E-state index contributed by atoms with van der Waals surface area (Å²) in [7, 11) is 0. The minimum atomic E-state index is -0.947. The summed E-state index contributed by atoms with van der Waals surface area (Å²) in [6, 6.07) is 1.35. The SMILES string of the molecule is Cl.Nc1c(O)cc(F)cc1F. The van der Waals surface area contributed by atoms with Crippen molar-refractivity contribution in [3.63, 3.8) is 0 Å². The number of phenols is 1. The Morgan fingerprint density at radius 3 is 2.27 bits per heavy atom. The normalized spacial score (nSPS) is 8.91. The zero-order chi connectivity index (χ0) is 7.72. The summed E-state index contributed by atoms with van der Waals surface area (Å²) >= 11 is 0. The van der Waals surface area contributed by atoms with E-state index in [4.69, 9.17) is 10.8 Å². The van der Waals surface area contributed by atoms with E-state index >= 15 is 0 Å². The number of anilines is 1. The van der Waals surface area contributed by atoms with Gasteiger partial charge in [0.1, 0.15) is 17.3 Å². The molecule has 62 valence electrons. The largest absolute Gasteiger partial charge is 0.506 e. The Morgan fingerprint density at radius 1 is 1.27 bits per heavy atom. The average Bonchev–Trinajstić information content (AvgIpc) is 1.82. The van der Waals surface area contributed by atoms with Crippen molar-refractivity contribution in [2.24, 2.45) is 0 Å². The molecule has 1 rings (SSSR count). The molecule has 0 spiro atoms. The maximum absolute atomic E-state index is 12.3. The van der Waals surface area contributed by atoms with Crippen LogP contribution in [0.15, 0.2) is 12.1 Å². The summed E-state index contributed by atoms with van der Waals surface area (Å²) in [5.41, 5.74) is 4.53. The molecule has 1 aromatic rings. The van der Waals surface area contributed by atoms with Crippen LogP contribution in [0.4, 0.5) is 14.5 Å². The van der Waals surface area contributed by atoms with Gasteiger partial charge in [-0.1, -0.05) is 0 Å². The topological polar surface area (TPSA) is 46.2 Å². The van der Waals surface area contributed by atoms with E-state index in [0.29, 0.717) is 6.07 Å².